The number of aromatic nitrogens is 4. The molecule has 1 aromatic carbocycles. The Morgan fingerprint density at radius 3 is 2.52 bits per heavy atom. The molecule has 0 bridgehead atoms. The number of nitrogens with zero attached hydrogens (tertiary/aromatic N) is 4. The average molecular weight is 280 g/mol. The van der Waals surface area contributed by atoms with E-state index >= 15 is 0 Å². The van der Waals surface area contributed by atoms with Crippen molar-refractivity contribution in [2.45, 2.75) is 6.54 Å². The summed E-state index contributed by atoms with van der Waals surface area (Å²) in [5, 5.41) is 0. The van der Waals surface area contributed by atoms with E-state index in [2.05, 4.69) is 16.5 Å². The van der Waals surface area contributed by atoms with Crippen molar-refractivity contribution < 1.29 is 0 Å². The molecule has 104 valence electrons. The molecule has 6 nitrogen and oxygen atoms in total. The second-order valence-corrected chi connectivity index (χ2v) is 4.39. The highest BCUT2D eigenvalue weighted by molar-refractivity contribution is 5.68. The number of rotatable bonds is 3. The largest absolute Gasteiger partial charge is 0.337 e. The first-order valence-electron chi connectivity index (χ1n) is 6.37. The Labute approximate surface area is 119 Å². The van der Waals surface area contributed by atoms with Crippen LogP contribution in [-0.2, 0) is 6.54 Å². The van der Waals surface area contributed by atoms with Crippen LogP contribution in [-0.4, -0.2) is 19.1 Å². The lowest BCUT2D eigenvalue weighted by molar-refractivity contribution is 0.716. The van der Waals surface area contributed by atoms with Gasteiger partial charge in [0.25, 0.3) is 5.56 Å². The molecule has 0 spiro atoms. The fraction of sp³-hybridized carbons (Fsp3) is 0.0667. The molecule has 21 heavy (non-hydrogen) atoms. The van der Waals surface area contributed by atoms with Crippen molar-refractivity contribution in [1.82, 2.24) is 19.1 Å². The minimum atomic E-state index is -0.477. The Morgan fingerprint density at radius 2 is 1.81 bits per heavy atom. The molecule has 2 heterocycles. The fourth-order valence-electron chi connectivity index (χ4n) is 2.18. The number of hydrogen-bond donors (Lipinski definition) is 0. The topological polar surface area (TPSA) is 69.8 Å². The number of para-hydroxylation sites is 1. The summed E-state index contributed by atoms with van der Waals surface area (Å²) in [6, 6.07) is 8.74. The van der Waals surface area contributed by atoms with Gasteiger partial charge in [-0.15, -0.1) is 6.58 Å². The molecule has 0 aliphatic heterocycles. The highest BCUT2D eigenvalue weighted by Gasteiger charge is 2.15. The van der Waals surface area contributed by atoms with Gasteiger partial charge in [0.15, 0.2) is 11.2 Å². The first-order valence-corrected chi connectivity index (χ1v) is 6.37. The molecule has 6 heteroatoms. The van der Waals surface area contributed by atoms with Crippen LogP contribution in [0.4, 0.5) is 0 Å². The molecule has 0 amide bonds. The Morgan fingerprint density at radius 1 is 1.10 bits per heavy atom. The molecule has 0 aliphatic rings. The summed E-state index contributed by atoms with van der Waals surface area (Å²) in [7, 11) is 0. The van der Waals surface area contributed by atoms with E-state index < -0.39 is 11.2 Å². The molecular weight excluding hydrogens is 268 g/mol. The van der Waals surface area contributed by atoms with Crippen LogP contribution in [0.5, 0.6) is 0 Å². The van der Waals surface area contributed by atoms with Gasteiger partial charge >= 0.3 is 5.69 Å². The van der Waals surface area contributed by atoms with Crippen molar-refractivity contribution in [3.63, 3.8) is 0 Å². The summed E-state index contributed by atoms with van der Waals surface area (Å²) in [6.45, 7) is 3.88. The predicted octanol–water partition coefficient (Wildman–Crippen LogP) is 1.13. The molecule has 3 rings (SSSR count). The zero-order valence-electron chi connectivity index (χ0n) is 11.1. The van der Waals surface area contributed by atoms with Gasteiger partial charge in [-0.2, -0.15) is 0 Å². The average Bonchev–Trinajstić information content (AvgIpc) is 2.53. The maximum Gasteiger partial charge on any atom is 0.337 e. The second-order valence-electron chi connectivity index (χ2n) is 4.39. The van der Waals surface area contributed by atoms with Gasteiger partial charge in [0, 0.05) is 18.9 Å². The summed E-state index contributed by atoms with van der Waals surface area (Å²) < 4.78 is 2.48. The minimum absolute atomic E-state index is 0.155. The molecular formula is C15H12N4O2. The molecule has 3 aromatic rings. The summed E-state index contributed by atoms with van der Waals surface area (Å²) in [5.41, 5.74) is -0.0195. The number of allylic oxidation sites excluding steroid dienone is 1. The summed E-state index contributed by atoms with van der Waals surface area (Å²) in [5.74, 6) is 0. The predicted molar refractivity (Wildman–Crippen MR) is 79.6 cm³/mol. The van der Waals surface area contributed by atoms with E-state index in [0.29, 0.717) is 5.69 Å². The molecule has 0 fully saturated rings. The van der Waals surface area contributed by atoms with Gasteiger partial charge in [-0.1, -0.05) is 24.3 Å². The van der Waals surface area contributed by atoms with Gasteiger partial charge in [0.2, 0.25) is 0 Å². The zero-order chi connectivity index (χ0) is 14.8. The smallest absolute Gasteiger partial charge is 0.272 e. The first-order chi connectivity index (χ1) is 10.2. The fourth-order valence-corrected chi connectivity index (χ4v) is 2.18. The van der Waals surface area contributed by atoms with E-state index in [1.165, 1.54) is 17.0 Å². The van der Waals surface area contributed by atoms with Crippen LogP contribution in [0.25, 0.3) is 16.9 Å². The Hall–Kier alpha value is -3.02. The molecule has 0 N–H and O–H groups in total. The van der Waals surface area contributed by atoms with Crippen LogP contribution in [0.3, 0.4) is 0 Å². The third kappa shape index (κ3) is 2.06. The Balaban J connectivity index is 2.49. The zero-order valence-corrected chi connectivity index (χ0v) is 11.1. The second kappa shape index (κ2) is 5.16. The molecule has 0 radical (unpaired) electrons. The minimum Gasteiger partial charge on any atom is -0.272 e. The molecule has 2 aromatic heterocycles. The van der Waals surface area contributed by atoms with Gasteiger partial charge in [-0.3, -0.25) is 9.36 Å². The van der Waals surface area contributed by atoms with Crippen molar-refractivity contribution in [3.05, 3.63) is 76.2 Å². The quantitative estimate of drug-likeness (QED) is 0.674. The van der Waals surface area contributed by atoms with E-state index in [4.69, 9.17) is 0 Å². The van der Waals surface area contributed by atoms with Gasteiger partial charge < -0.3 is 0 Å². The number of benzene rings is 1. The first kappa shape index (κ1) is 13.0. The third-order valence-corrected chi connectivity index (χ3v) is 3.09. The molecule has 0 atom stereocenters. The van der Waals surface area contributed by atoms with E-state index in [1.54, 1.807) is 30.3 Å². The summed E-state index contributed by atoms with van der Waals surface area (Å²) in [4.78, 5) is 33.3. The Bertz CT molecular complexity index is 926. The van der Waals surface area contributed by atoms with Crippen LogP contribution in [0.15, 0.2) is 65.0 Å². The van der Waals surface area contributed by atoms with Crippen molar-refractivity contribution in [2.24, 2.45) is 0 Å². The highest BCUT2D eigenvalue weighted by atomic mass is 16.2. The number of fused-ring (bicyclic) bond motifs is 1. The molecule has 0 saturated heterocycles. The summed E-state index contributed by atoms with van der Waals surface area (Å²) in [6.07, 6.45) is 4.46. The maximum absolute atomic E-state index is 12.6. The van der Waals surface area contributed by atoms with Crippen molar-refractivity contribution >= 4 is 11.2 Å². The highest BCUT2D eigenvalue weighted by Crippen LogP contribution is 2.05. The number of hydrogen-bond acceptors (Lipinski definition) is 4. The van der Waals surface area contributed by atoms with Crippen molar-refractivity contribution in [2.75, 3.05) is 0 Å². The van der Waals surface area contributed by atoms with Crippen LogP contribution in [0.1, 0.15) is 0 Å². The third-order valence-electron chi connectivity index (χ3n) is 3.09. The van der Waals surface area contributed by atoms with Crippen LogP contribution in [0, 0.1) is 0 Å². The standard InChI is InChI=1S/C15H12N4O2/c1-2-10-18-13-12(16-8-9-17-13)14(20)19(15(18)21)11-6-4-3-5-7-11/h2-9H,1,10H2. The lowest BCUT2D eigenvalue weighted by atomic mass is 10.3. The lowest BCUT2D eigenvalue weighted by Crippen LogP contribution is -2.39. The molecule has 0 aliphatic carbocycles. The van der Waals surface area contributed by atoms with Crippen molar-refractivity contribution in [1.29, 1.82) is 0 Å². The van der Waals surface area contributed by atoms with E-state index in [0.717, 1.165) is 4.57 Å². The van der Waals surface area contributed by atoms with Gasteiger partial charge in [-0.25, -0.2) is 19.3 Å². The molecule has 0 saturated carbocycles. The maximum atomic E-state index is 12.6. The molecule has 0 unspecified atom stereocenters. The van der Waals surface area contributed by atoms with Crippen LogP contribution in [0.2, 0.25) is 0 Å². The van der Waals surface area contributed by atoms with Gasteiger partial charge in [0.1, 0.15) is 0 Å². The lowest BCUT2D eigenvalue weighted by Gasteiger charge is -2.11. The normalized spacial score (nSPS) is 10.7. The monoisotopic (exact) mass is 280 g/mol. The van der Waals surface area contributed by atoms with Crippen molar-refractivity contribution in [3.8, 4) is 5.69 Å². The van der Waals surface area contributed by atoms with Gasteiger partial charge in [0.05, 0.1) is 5.69 Å². The summed E-state index contributed by atoms with van der Waals surface area (Å²) >= 11 is 0. The van der Waals surface area contributed by atoms with E-state index in [1.807, 2.05) is 6.07 Å². The van der Waals surface area contributed by atoms with Crippen LogP contribution < -0.4 is 11.2 Å². The van der Waals surface area contributed by atoms with E-state index in [-0.39, 0.29) is 17.7 Å². The van der Waals surface area contributed by atoms with Gasteiger partial charge in [-0.05, 0) is 12.1 Å². The van der Waals surface area contributed by atoms with E-state index in [9.17, 15) is 9.59 Å². The van der Waals surface area contributed by atoms with Crippen LogP contribution >= 0.6 is 0 Å². The Kier molecular flexibility index (Phi) is 3.19. The SMILES string of the molecule is C=CCn1c(=O)n(-c2ccccc2)c(=O)c2nccnc21.